The van der Waals surface area contributed by atoms with Gasteiger partial charge in [0.25, 0.3) is 0 Å². The van der Waals surface area contributed by atoms with Crippen molar-refractivity contribution < 1.29 is 38.6 Å². The number of rotatable bonds is 8. The Hall–Kier alpha value is -2.95. The highest BCUT2D eigenvalue weighted by atomic mass is 16.5. The number of ketones is 1. The van der Waals surface area contributed by atoms with Gasteiger partial charge in [-0.15, -0.1) is 0 Å². The van der Waals surface area contributed by atoms with Crippen LogP contribution in [0.1, 0.15) is 71.6 Å². The molecule has 2 heterocycles. The summed E-state index contributed by atoms with van der Waals surface area (Å²) in [7, 11) is 1.22. The number of hydrogen-bond donors (Lipinski definition) is 3. The minimum Gasteiger partial charge on any atom is -0.469 e. The van der Waals surface area contributed by atoms with Crippen LogP contribution in [0, 0.1) is 5.92 Å². The highest BCUT2D eigenvalue weighted by Gasteiger charge is 2.39. The lowest BCUT2D eigenvalue weighted by Crippen LogP contribution is -2.56. The van der Waals surface area contributed by atoms with Crippen LogP contribution in [0.3, 0.4) is 0 Å². The van der Waals surface area contributed by atoms with E-state index in [0.29, 0.717) is 51.5 Å². The molecule has 0 aromatic carbocycles. The molecule has 208 valence electrons. The van der Waals surface area contributed by atoms with Crippen LogP contribution < -0.4 is 10.6 Å². The minimum atomic E-state index is -1.49. The zero-order valence-electron chi connectivity index (χ0n) is 22.1. The second-order valence-corrected chi connectivity index (χ2v) is 9.96. The number of hydrogen-bond acceptors (Lipinski definition) is 8. The van der Waals surface area contributed by atoms with Gasteiger partial charge in [-0.3, -0.25) is 19.2 Å². The molecular formula is C26H41N3O8. The number of Topliss-reactive ketones (excluding diaryl/α,β-unsaturated/α-hetero) is 1. The standard InChI is InChI=1S/C26H41N3O8/c1-17(2)16-37-26(35)28-19-11-8-6-4-5-7-10-18(23(32)21(30)13-14-22(31)36-3)27-24(33)20-12-9-15-29(20)25(19)34/h4,6,17-20,23,32H,5,7-16H2,1-3H3,(H,27,33)(H,28,35)/b6-4-/t18-,19-,20-,23?/m0/s1. The summed E-state index contributed by atoms with van der Waals surface area (Å²) in [6.07, 6.45) is 4.92. The number of fused-ring (bicyclic) bond motifs is 1. The van der Waals surface area contributed by atoms with Gasteiger partial charge in [0, 0.05) is 13.0 Å². The van der Waals surface area contributed by atoms with E-state index in [1.165, 1.54) is 12.0 Å². The Morgan fingerprint density at radius 3 is 2.54 bits per heavy atom. The van der Waals surface area contributed by atoms with Crippen molar-refractivity contribution in [3.63, 3.8) is 0 Å². The summed E-state index contributed by atoms with van der Waals surface area (Å²) in [6, 6.07) is -2.48. The molecule has 37 heavy (non-hydrogen) atoms. The van der Waals surface area contributed by atoms with Crippen molar-refractivity contribution in [1.29, 1.82) is 0 Å². The van der Waals surface area contributed by atoms with Crippen LogP contribution >= 0.6 is 0 Å². The summed E-state index contributed by atoms with van der Waals surface area (Å²) in [5.41, 5.74) is 0. The maximum absolute atomic E-state index is 13.4. The first-order chi connectivity index (χ1) is 17.6. The summed E-state index contributed by atoms with van der Waals surface area (Å²) >= 11 is 0. The van der Waals surface area contributed by atoms with E-state index in [2.05, 4.69) is 15.4 Å². The molecule has 4 atom stereocenters. The third-order valence-corrected chi connectivity index (χ3v) is 6.49. The van der Waals surface area contributed by atoms with Crippen LogP contribution in [-0.2, 0) is 28.7 Å². The zero-order valence-corrected chi connectivity index (χ0v) is 22.1. The molecule has 11 heteroatoms. The highest BCUT2D eigenvalue weighted by Crippen LogP contribution is 2.21. The maximum Gasteiger partial charge on any atom is 0.407 e. The topological polar surface area (TPSA) is 151 Å². The van der Waals surface area contributed by atoms with Gasteiger partial charge >= 0.3 is 12.1 Å². The number of nitrogens with zero attached hydrogens (tertiary/aromatic N) is 1. The molecule has 2 aliphatic rings. The third kappa shape index (κ3) is 9.79. The van der Waals surface area contributed by atoms with Crippen molar-refractivity contribution in [3.8, 4) is 0 Å². The second-order valence-electron chi connectivity index (χ2n) is 9.96. The van der Waals surface area contributed by atoms with E-state index in [0.717, 1.165) is 0 Å². The molecule has 3 amide bonds. The molecule has 3 N–H and O–H groups in total. The lowest BCUT2D eigenvalue weighted by atomic mass is 9.97. The Bertz CT molecular complexity index is 844. The van der Waals surface area contributed by atoms with Crippen LogP contribution in [0.4, 0.5) is 4.79 Å². The Labute approximate surface area is 218 Å². The van der Waals surface area contributed by atoms with Gasteiger partial charge in [0.15, 0.2) is 5.78 Å². The summed E-state index contributed by atoms with van der Waals surface area (Å²) in [6.45, 7) is 4.41. The molecule has 0 aliphatic carbocycles. The molecule has 2 aliphatic heterocycles. The van der Waals surface area contributed by atoms with Crippen molar-refractivity contribution in [2.45, 2.75) is 95.9 Å². The third-order valence-electron chi connectivity index (χ3n) is 6.49. The van der Waals surface area contributed by atoms with Crippen molar-refractivity contribution in [2.24, 2.45) is 5.92 Å². The largest absolute Gasteiger partial charge is 0.469 e. The Balaban J connectivity index is 2.17. The number of esters is 1. The number of methoxy groups -OCH3 is 1. The quantitative estimate of drug-likeness (QED) is 0.321. The second kappa shape index (κ2) is 15.3. The number of carbonyl (C=O) groups excluding carboxylic acids is 5. The summed E-state index contributed by atoms with van der Waals surface area (Å²) < 4.78 is 9.74. The summed E-state index contributed by atoms with van der Waals surface area (Å²) in [4.78, 5) is 64.3. The molecule has 1 saturated heterocycles. The summed E-state index contributed by atoms with van der Waals surface area (Å²) in [5.74, 6) is -1.79. The van der Waals surface area contributed by atoms with Crippen molar-refractivity contribution in [3.05, 3.63) is 12.2 Å². The number of nitrogens with one attached hydrogen (secondary N) is 2. The predicted molar refractivity (Wildman–Crippen MR) is 134 cm³/mol. The number of aliphatic hydroxyl groups is 1. The average Bonchev–Trinajstić information content (AvgIpc) is 3.37. The molecule has 11 nitrogen and oxygen atoms in total. The Kier molecular flexibility index (Phi) is 12.5. The van der Waals surface area contributed by atoms with E-state index in [-0.39, 0.29) is 31.3 Å². The van der Waals surface area contributed by atoms with Crippen molar-refractivity contribution >= 4 is 29.7 Å². The SMILES string of the molecule is COC(=O)CCC(=O)C(O)[C@@H]1CCC/C=C\CC[C@H](NC(=O)OCC(C)C)C(=O)N2CCC[C@H]2C(=O)N1. The number of carbonyl (C=O) groups is 5. The van der Waals surface area contributed by atoms with Gasteiger partial charge in [-0.1, -0.05) is 26.0 Å². The van der Waals surface area contributed by atoms with Gasteiger partial charge in [-0.2, -0.15) is 0 Å². The lowest BCUT2D eigenvalue weighted by Gasteiger charge is -2.31. The van der Waals surface area contributed by atoms with E-state index in [4.69, 9.17) is 4.74 Å². The van der Waals surface area contributed by atoms with Gasteiger partial charge in [0.05, 0.1) is 26.2 Å². The van der Waals surface area contributed by atoms with E-state index >= 15 is 0 Å². The fourth-order valence-electron chi connectivity index (χ4n) is 4.43. The van der Waals surface area contributed by atoms with E-state index < -0.39 is 48.0 Å². The molecule has 0 saturated carbocycles. The Morgan fingerprint density at radius 2 is 1.84 bits per heavy atom. The normalized spacial score (nSPS) is 24.9. The number of allylic oxidation sites excluding steroid dienone is 2. The van der Waals surface area contributed by atoms with Gasteiger partial charge in [-0.25, -0.2) is 4.79 Å². The van der Waals surface area contributed by atoms with Crippen LogP contribution in [0.5, 0.6) is 0 Å². The Morgan fingerprint density at radius 1 is 1.11 bits per heavy atom. The minimum absolute atomic E-state index is 0.149. The van der Waals surface area contributed by atoms with Gasteiger partial charge < -0.3 is 30.1 Å². The first-order valence-electron chi connectivity index (χ1n) is 13.1. The molecule has 0 radical (unpaired) electrons. The molecule has 1 fully saturated rings. The maximum atomic E-state index is 13.4. The smallest absolute Gasteiger partial charge is 0.407 e. The van der Waals surface area contributed by atoms with E-state index in [1.54, 1.807) is 0 Å². The molecular weight excluding hydrogens is 482 g/mol. The number of aliphatic hydroxyl groups excluding tert-OH is 1. The van der Waals surface area contributed by atoms with Crippen LogP contribution in [0.25, 0.3) is 0 Å². The zero-order chi connectivity index (χ0) is 27.4. The number of alkyl carbamates (subject to hydrolysis) is 1. The first-order valence-corrected chi connectivity index (χ1v) is 13.1. The highest BCUT2D eigenvalue weighted by molar-refractivity contribution is 5.92. The lowest BCUT2D eigenvalue weighted by molar-refractivity contribution is -0.143. The van der Waals surface area contributed by atoms with Crippen LogP contribution in [0.15, 0.2) is 12.2 Å². The van der Waals surface area contributed by atoms with Crippen molar-refractivity contribution in [1.82, 2.24) is 15.5 Å². The number of ether oxygens (including phenoxy) is 2. The molecule has 2 rings (SSSR count). The average molecular weight is 524 g/mol. The molecule has 0 spiro atoms. The fourth-order valence-corrected chi connectivity index (χ4v) is 4.43. The molecule has 0 aromatic rings. The fraction of sp³-hybridized carbons (Fsp3) is 0.731. The number of amides is 3. The van der Waals surface area contributed by atoms with Gasteiger partial charge in [-0.05, 0) is 50.9 Å². The van der Waals surface area contributed by atoms with Gasteiger partial charge in [0.2, 0.25) is 11.8 Å². The predicted octanol–water partition coefficient (Wildman–Crippen LogP) is 1.62. The molecule has 0 aromatic heterocycles. The van der Waals surface area contributed by atoms with Gasteiger partial charge in [0.1, 0.15) is 18.2 Å². The first kappa shape index (κ1) is 30.3. The molecule has 1 unspecified atom stereocenters. The molecule has 0 bridgehead atoms. The van der Waals surface area contributed by atoms with Crippen LogP contribution in [0.2, 0.25) is 0 Å². The van der Waals surface area contributed by atoms with Crippen molar-refractivity contribution in [2.75, 3.05) is 20.3 Å². The van der Waals surface area contributed by atoms with E-state index in [9.17, 15) is 29.1 Å². The monoisotopic (exact) mass is 523 g/mol. The van der Waals surface area contributed by atoms with Crippen LogP contribution in [-0.4, -0.2) is 84.2 Å². The van der Waals surface area contributed by atoms with E-state index in [1.807, 2.05) is 26.0 Å². The summed E-state index contributed by atoms with van der Waals surface area (Å²) in [5, 5.41) is 16.1.